The first kappa shape index (κ1) is 28.0. The van der Waals surface area contributed by atoms with Crippen LogP contribution in [0.1, 0.15) is 0 Å². The zero-order chi connectivity index (χ0) is 32.8. The van der Waals surface area contributed by atoms with E-state index in [9.17, 15) is 0 Å². The molecule has 2 nitrogen and oxygen atoms in total. The topological polar surface area (TPSA) is 16.4 Å². The standard InChI is InChI=1S/C46H27NOS2/c1-4-13-40-39(10-1)46-38-12-7-11-32(33(38)24-25-41(46)48-40)28-16-18-29(19-17-28)47(30-20-22-36-34-8-2-5-14-42(34)49-44(36)26-30)31-21-23-37-35-9-3-6-15-43(35)50-45(37)27-31/h1-27H. The molecule has 234 valence electrons. The van der Waals surface area contributed by atoms with Gasteiger partial charge in [0.15, 0.2) is 0 Å². The zero-order valence-electron chi connectivity index (χ0n) is 26.8. The number of para-hydroxylation sites is 1. The molecule has 0 N–H and O–H groups in total. The van der Waals surface area contributed by atoms with E-state index in [0.29, 0.717) is 0 Å². The highest BCUT2D eigenvalue weighted by Gasteiger charge is 2.18. The second-order valence-electron chi connectivity index (χ2n) is 12.9. The molecule has 11 aromatic rings. The van der Waals surface area contributed by atoms with Crippen LogP contribution in [0.2, 0.25) is 0 Å². The second kappa shape index (κ2) is 10.8. The predicted molar refractivity (Wildman–Crippen MR) is 217 cm³/mol. The van der Waals surface area contributed by atoms with E-state index in [2.05, 4.69) is 157 Å². The van der Waals surface area contributed by atoms with Gasteiger partial charge in [-0.15, -0.1) is 22.7 Å². The van der Waals surface area contributed by atoms with Crippen LogP contribution in [-0.4, -0.2) is 0 Å². The molecule has 3 aromatic heterocycles. The van der Waals surface area contributed by atoms with Crippen LogP contribution in [0.4, 0.5) is 17.1 Å². The Morgan fingerprint density at radius 3 is 1.58 bits per heavy atom. The molecule has 3 heterocycles. The van der Waals surface area contributed by atoms with E-state index in [0.717, 1.165) is 33.6 Å². The highest BCUT2D eigenvalue weighted by Crippen LogP contribution is 2.44. The number of furan rings is 1. The fourth-order valence-corrected chi connectivity index (χ4v) is 10.1. The minimum absolute atomic E-state index is 0.924. The lowest BCUT2D eigenvalue weighted by Crippen LogP contribution is -2.09. The summed E-state index contributed by atoms with van der Waals surface area (Å²) in [6.07, 6.45) is 0. The van der Waals surface area contributed by atoms with Crippen molar-refractivity contribution in [1.29, 1.82) is 0 Å². The number of hydrogen-bond donors (Lipinski definition) is 0. The molecular weight excluding hydrogens is 647 g/mol. The molecular formula is C46H27NOS2. The maximum atomic E-state index is 6.22. The van der Waals surface area contributed by atoms with Gasteiger partial charge in [0, 0.05) is 68.2 Å². The fourth-order valence-electron chi connectivity index (χ4n) is 7.78. The second-order valence-corrected chi connectivity index (χ2v) is 15.0. The van der Waals surface area contributed by atoms with Crippen LogP contribution >= 0.6 is 22.7 Å². The summed E-state index contributed by atoms with van der Waals surface area (Å²) in [6, 6.07) is 59.6. The molecule has 0 aliphatic carbocycles. The highest BCUT2D eigenvalue weighted by molar-refractivity contribution is 7.26. The quantitative estimate of drug-likeness (QED) is 0.185. The molecule has 8 aromatic carbocycles. The molecule has 0 spiro atoms. The number of nitrogens with zero attached hydrogens (tertiary/aromatic N) is 1. The molecule has 0 unspecified atom stereocenters. The molecule has 0 saturated heterocycles. The third kappa shape index (κ3) is 4.19. The maximum absolute atomic E-state index is 6.22. The first-order chi connectivity index (χ1) is 24.8. The summed E-state index contributed by atoms with van der Waals surface area (Å²) in [6.45, 7) is 0. The van der Waals surface area contributed by atoms with E-state index in [1.807, 2.05) is 34.8 Å². The number of thiophene rings is 2. The van der Waals surface area contributed by atoms with Crippen LogP contribution in [0.3, 0.4) is 0 Å². The lowest BCUT2D eigenvalue weighted by atomic mass is 9.95. The van der Waals surface area contributed by atoms with Crippen LogP contribution in [0.5, 0.6) is 0 Å². The Morgan fingerprint density at radius 2 is 0.900 bits per heavy atom. The normalized spacial score (nSPS) is 12.0. The first-order valence-electron chi connectivity index (χ1n) is 16.8. The van der Waals surface area contributed by atoms with Crippen LogP contribution in [-0.2, 0) is 0 Å². The van der Waals surface area contributed by atoms with Crippen molar-refractivity contribution in [1.82, 2.24) is 0 Å². The van der Waals surface area contributed by atoms with Gasteiger partial charge in [-0.2, -0.15) is 0 Å². The van der Waals surface area contributed by atoms with Gasteiger partial charge >= 0.3 is 0 Å². The molecule has 0 aliphatic rings. The van der Waals surface area contributed by atoms with Crippen molar-refractivity contribution < 1.29 is 4.42 Å². The third-order valence-electron chi connectivity index (χ3n) is 10.1. The van der Waals surface area contributed by atoms with Gasteiger partial charge in [-0.1, -0.05) is 103 Å². The molecule has 0 aliphatic heterocycles. The number of hydrogen-bond acceptors (Lipinski definition) is 4. The number of anilines is 3. The van der Waals surface area contributed by atoms with Crippen molar-refractivity contribution >= 4 is 113 Å². The Kier molecular flexibility index (Phi) is 6.03. The molecule has 50 heavy (non-hydrogen) atoms. The summed E-state index contributed by atoms with van der Waals surface area (Å²) in [4.78, 5) is 2.40. The smallest absolute Gasteiger partial charge is 0.136 e. The number of fused-ring (bicyclic) bond motifs is 11. The van der Waals surface area contributed by atoms with Gasteiger partial charge in [-0.25, -0.2) is 0 Å². The Hall–Kier alpha value is -5.94. The van der Waals surface area contributed by atoms with Crippen LogP contribution in [0, 0.1) is 0 Å². The predicted octanol–water partition coefficient (Wildman–Crippen LogP) is 14.6. The van der Waals surface area contributed by atoms with E-state index in [4.69, 9.17) is 4.42 Å². The minimum atomic E-state index is 0.924. The third-order valence-corrected chi connectivity index (χ3v) is 12.3. The number of rotatable bonds is 4. The Morgan fingerprint density at radius 1 is 0.360 bits per heavy atom. The monoisotopic (exact) mass is 673 g/mol. The first-order valence-corrected chi connectivity index (χ1v) is 18.5. The minimum Gasteiger partial charge on any atom is -0.456 e. The fraction of sp³-hybridized carbons (Fsp3) is 0. The summed E-state index contributed by atoms with van der Waals surface area (Å²) >= 11 is 3.72. The average molecular weight is 674 g/mol. The Balaban J connectivity index is 1.07. The molecule has 0 atom stereocenters. The lowest BCUT2D eigenvalue weighted by Gasteiger charge is -2.26. The van der Waals surface area contributed by atoms with E-state index in [1.165, 1.54) is 67.6 Å². The largest absolute Gasteiger partial charge is 0.456 e. The van der Waals surface area contributed by atoms with Crippen LogP contribution in [0.25, 0.3) is 84.2 Å². The molecule has 0 amide bonds. The van der Waals surface area contributed by atoms with E-state index < -0.39 is 0 Å². The van der Waals surface area contributed by atoms with Crippen molar-refractivity contribution in [2.75, 3.05) is 4.90 Å². The highest BCUT2D eigenvalue weighted by atomic mass is 32.1. The van der Waals surface area contributed by atoms with Gasteiger partial charge in [0.2, 0.25) is 0 Å². The van der Waals surface area contributed by atoms with Crippen molar-refractivity contribution in [3.8, 4) is 11.1 Å². The summed E-state index contributed by atoms with van der Waals surface area (Å²) in [5.41, 5.74) is 7.67. The van der Waals surface area contributed by atoms with Crippen molar-refractivity contribution in [3.05, 3.63) is 164 Å². The van der Waals surface area contributed by atoms with E-state index >= 15 is 0 Å². The summed E-state index contributed by atoms with van der Waals surface area (Å²) in [7, 11) is 0. The van der Waals surface area contributed by atoms with Gasteiger partial charge in [0.1, 0.15) is 11.2 Å². The Labute approximate surface area is 295 Å². The van der Waals surface area contributed by atoms with Crippen LogP contribution in [0.15, 0.2) is 168 Å². The molecule has 4 heteroatoms. The summed E-state index contributed by atoms with van der Waals surface area (Å²) in [5.74, 6) is 0. The SMILES string of the molecule is c1ccc2c(c1)oc1ccc3c(-c4ccc(N(c5ccc6c(c5)sc5ccccc56)c5ccc6c(c5)sc5ccccc56)cc4)cccc3c12. The molecule has 0 saturated carbocycles. The zero-order valence-corrected chi connectivity index (χ0v) is 28.4. The maximum Gasteiger partial charge on any atom is 0.136 e. The van der Waals surface area contributed by atoms with Gasteiger partial charge in [-0.05, 0) is 82.6 Å². The van der Waals surface area contributed by atoms with Gasteiger partial charge < -0.3 is 9.32 Å². The lowest BCUT2D eigenvalue weighted by molar-refractivity contribution is 0.669. The molecule has 0 radical (unpaired) electrons. The van der Waals surface area contributed by atoms with Gasteiger partial charge in [0.25, 0.3) is 0 Å². The summed E-state index contributed by atoms with van der Waals surface area (Å²) < 4.78 is 11.4. The van der Waals surface area contributed by atoms with Gasteiger partial charge in [0.05, 0.1) is 0 Å². The van der Waals surface area contributed by atoms with E-state index in [1.54, 1.807) is 0 Å². The van der Waals surface area contributed by atoms with Crippen molar-refractivity contribution in [3.63, 3.8) is 0 Å². The van der Waals surface area contributed by atoms with Gasteiger partial charge in [-0.3, -0.25) is 0 Å². The Bertz CT molecular complexity index is 2990. The molecule has 0 fully saturated rings. The van der Waals surface area contributed by atoms with Crippen molar-refractivity contribution in [2.45, 2.75) is 0 Å². The number of benzene rings is 8. The van der Waals surface area contributed by atoms with E-state index in [-0.39, 0.29) is 0 Å². The average Bonchev–Trinajstić information content (AvgIpc) is 3.86. The molecule has 11 rings (SSSR count). The van der Waals surface area contributed by atoms with Crippen molar-refractivity contribution in [2.24, 2.45) is 0 Å². The summed E-state index contributed by atoms with van der Waals surface area (Å²) in [5, 5.41) is 10.0. The van der Waals surface area contributed by atoms with Crippen LogP contribution < -0.4 is 4.90 Å². The molecule has 0 bridgehead atoms.